The van der Waals surface area contributed by atoms with Crippen LogP contribution in [0.15, 0.2) is 11.3 Å². The van der Waals surface area contributed by atoms with E-state index in [1.165, 1.54) is 11.3 Å². The van der Waals surface area contributed by atoms with E-state index in [1.54, 1.807) is 0 Å². The van der Waals surface area contributed by atoms with Crippen LogP contribution in [0.4, 0.5) is 0 Å². The molecule has 1 aliphatic rings. The third kappa shape index (κ3) is 3.48. The van der Waals surface area contributed by atoms with Gasteiger partial charge in [0.2, 0.25) is 0 Å². The van der Waals surface area contributed by atoms with Gasteiger partial charge in [-0.05, 0) is 33.6 Å². The zero-order valence-corrected chi connectivity index (χ0v) is 12.7. The molecule has 0 saturated heterocycles. The molecule has 0 saturated carbocycles. The second-order valence-corrected chi connectivity index (χ2v) is 4.96. The van der Waals surface area contributed by atoms with Crippen LogP contribution in [0.5, 0.6) is 0 Å². The minimum absolute atomic E-state index is 0.830. The fraction of sp³-hybridized carbons (Fsp3) is 0.571. The largest absolute Gasteiger partial charge is 0.443 e. The number of hydrogen-bond acceptors (Lipinski definition) is 4. The lowest BCUT2D eigenvalue weighted by molar-refractivity contribution is 0.554. The van der Waals surface area contributed by atoms with Crippen LogP contribution in [-0.4, -0.2) is 33.5 Å². The van der Waals surface area contributed by atoms with Gasteiger partial charge in [-0.3, -0.25) is 10.00 Å². The van der Waals surface area contributed by atoms with Gasteiger partial charge in [0.1, 0.15) is 11.6 Å². The van der Waals surface area contributed by atoms with Crippen LogP contribution in [-0.2, 0) is 6.54 Å². The Morgan fingerprint density at radius 3 is 2.80 bits per heavy atom. The highest BCUT2D eigenvalue weighted by Gasteiger charge is 2.15. The molecule has 0 bridgehead atoms. The van der Waals surface area contributed by atoms with Crippen molar-refractivity contribution in [3.63, 3.8) is 0 Å². The van der Waals surface area contributed by atoms with Gasteiger partial charge in [0, 0.05) is 12.1 Å². The highest BCUT2D eigenvalue weighted by atomic mass is 15.3. The zero-order valence-electron chi connectivity index (χ0n) is 12.7. The molecule has 0 amide bonds. The van der Waals surface area contributed by atoms with Crippen molar-refractivity contribution in [2.75, 3.05) is 6.54 Å². The summed E-state index contributed by atoms with van der Waals surface area (Å²) in [5, 5.41) is 11.0. The first kappa shape index (κ1) is 14.3. The summed E-state index contributed by atoms with van der Waals surface area (Å²) >= 11 is 0. The van der Waals surface area contributed by atoms with Crippen molar-refractivity contribution in [1.29, 1.82) is 0 Å². The van der Waals surface area contributed by atoms with Gasteiger partial charge in [-0.1, -0.05) is 6.92 Å². The number of rotatable bonds is 5. The number of nitrogens with zero attached hydrogens (tertiary/aromatic N) is 4. The molecule has 0 aromatic carbocycles. The second-order valence-electron chi connectivity index (χ2n) is 4.96. The maximum absolute atomic E-state index is 4.35. The molecule has 0 radical (unpaired) electrons. The van der Waals surface area contributed by atoms with E-state index < -0.39 is 0 Å². The van der Waals surface area contributed by atoms with Gasteiger partial charge >= 0.3 is 5.96 Å². The lowest BCUT2D eigenvalue weighted by atomic mass is 10.2. The molecule has 20 heavy (non-hydrogen) atoms. The van der Waals surface area contributed by atoms with Crippen molar-refractivity contribution in [2.45, 2.75) is 47.1 Å². The molecule has 0 fully saturated rings. The summed E-state index contributed by atoms with van der Waals surface area (Å²) in [6.45, 7) is 9.83. The van der Waals surface area contributed by atoms with Gasteiger partial charge in [0.15, 0.2) is 6.21 Å². The normalized spacial score (nSPS) is 14.3. The predicted octanol–water partition coefficient (Wildman–Crippen LogP) is 0.656. The standard InChI is InChI=1S/C14H22N6/c1-5-13-10(2)9-16-14(18-13)15-7-6-8-20-12(4)17-11(3)19-20/h9H,5-8H2,1-4H3,(H,15,16,18)/p+1. The van der Waals surface area contributed by atoms with Crippen LogP contribution in [0.1, 0.15) is 38.3 Å². The first-order valence-corrected chi connectivity index (χ1v) is 7.10. The Bertz CT molecular complexity index is 574. The number of allylic oxidation sites excluding steroid dienone is 2. The fourth-order valence-corrected chi connectivity index (χ4v) is 2.18. The number of hydrogen-bond donors (Lipinski definition) is 2. The third-order valence-corrected chi connectivity index (χ3v) is 3.29. The Balaban J connectivity index is 1.78. The number of guanidine groups is 1. The van der Waals surface area contributed by atoms with Gasteiger partial charge < -0.3 is 0 Å². The SMILES string of the molecule is CCC1=C(C)C=[N+]=C(NCCCn2nc(C)nc2C)N1. The summed E-state index contributed by atoms with van der Waals surface area (Å²) < 4.78 is 6.30. The molecule has 0 atom stereocenters. The van der Waals surface area contributed by atoms with Crippen molar-refractivity contribution in [2.24, 2.45) is 0 Å². The van der Waals surface area contributed by atoms with E-state index in [9.17, 15) is 0 Å². The highest BCUT2D eigenvalue weighted by Crippen LogP contribution is 2.03. The molecule has 1 aromatic heterocycles. The summed E-state index contributed by atoms with van der Waals surface area (Å²) in [7, 11) is 0. The fourth-order valence-electron chi connectivity index (χ4n) is 2.18. The Hall–Kier alpha value is -2.07. The lowest BCUT2D eigenvalue weighted by Gasteiger charge is -2.08. The van der Waals surface area contributed by atoms with Gasteiger partial charge in [-0.25, -0.2) is 15.0 Å². The molecular weight excluding hydrogens is 252 g/mol. The van der Waals surface area contributed by atoms with E-state index in [2.05, 4.69) is 39.2 Å². The summed E-state index contributed by atoms with van der Waals surface area (Å²) in [4.78, 5) is 4.29. The summed E-state index contributed by atoms with van der Waals surface area (Å²) in [5.41, 5.74) is 2.43. The Kier molecular flexibility index (Phi) is 4.58. The highest BCUT2D eigenvalue weighted by molar-refractivity contribution is 5.91. The Morgan fingerprint density at radius 2 is 2.15 bits per heavy atom. The van der Waals surface area contributed by atoms with Crippen molar-refractivity contribution in [1.82, 2.24) is 30.1 Å². The van der Waals surface area contributed by atoms with Gasteiger partial charge in [0.25, 0.3) is 0 Å². The molecule has 0 spiro atoms. The summed E-state index contributed by atoms with van der Waals surface area (Å²) in [6.07, 6.45) is 3.87. The van der Waals surface area contributed by atoms with E-state index >= 15 is 0 Å². The molecule has 0 unspecified atom stereocenters. The minimum Gasteiger partial charge on any atom is -0.263 e. The second kappa shape index (κ2) is 6.39. The van der Waals surface area contributed by atoms with Gasteiger partial charge in [0.05, 0.1) is 12.2 Å². The van der Waals surface area contributed by atoms with Gasteiger partial charge in [-0.2, -0.15) is 5.10 Å². The quantitative estimate of drug-likeness (QED) is 0.612. The monoisotopic (exact) mass is 275 g/mol. The summed E-state index contributed by atoms with van der Waals surface area (Å²) in [5.74, 6) is 2.63. The molecular formula is C14H23N6+. The Morgan fingerprint density at radius 1 is 1.35 bits per heavy atom. The number of aryl methyl sites for hydroxylation is 3. The van der Waals surface area contributed by atoms with E-state index in [0.29, 0.717) is 0 Å². The molecule has 6 nitrogen and oxygen atoms in total. The van der Waals surface area contributed by atoms with Crippen molar-refractivity contribution >= 4 is 12.2 Å². The van der Waals surface area contributed by atoms with E-state index in [1.807, 2.05) is 24.7 Å². The topological polar surface area (TPSA) is 68.9 Å². The molecule has 0 aliphatic carbocycles. The van der Waals surface area contributed by atoms with Gasteiger partial charge in [-0.15, -0.1) is 0 Å². The molecule has 1 aromatic rings. The molecule has 2 N–H and O–H groups in total. The van der Waals surface area contributed by atoms with E-state index in [0.717, 1.165) is 43.5 Å². The minimum atomic E-state index is 0.830. The first-order valence-electron chi connectivity index (χ1n) is 7.10. The maximum atomic E-state index is 4.35. The Labute approximate surface area is 119 Å². The molecule has 1 aliphatic heterocycles. The van der Waals surface area contributed by atoms with Crippen LogP contribution in [0, 0.1) is 13.8 Å². The average molecular weight is 275 g/mol. The maximum Gasteiger partial charge on any atom is 0.443 e. The number of aromatic nitrogens is 3. The van der Waals surface area contributed by atoms with Crippen LogP contribution in [0.2, 0.25) is 0 Å². The first-order chi connectivity index (χ1) is 9.60. The predicted molar refractivity (Wildman–Crippen MR) is 81.4 cm³/mol. The zero-order chi connectivity index (χ0) is 14.5. The smallest absolute Gasteiger partial charge is 0.263 e. The van der Waals surface area contributed by atoms with Crippen molar-refractivity contribution < 1.29 is 0 Å². The van der Waals surface area contributed by atoms with Crippen LogP contribution in [0.25, 0.3) is 0 Å². The average Bonchev–Trinajstić information content (AvgIpc) is 2.75. The van der Waals surface area contributed by atoms with Crippen molar-refractivity contribution in [3.8, 4) is 0 Å². The van der Waals surface area contributed by atoms with Crippen LogP contribution >= 0.6 is 0 Å². The third-order valence-electron chi connectivity index (χ3n) is 3.29. The van der Waals surface area contributed by atoms with Crippen molar-refractivity contribution in [3.05, 3.63) is 22.9 Å². The van der Waals surface area contributed by atoms with Crippen LogP contribution < -0.4 is 15.3 Å². The van der Waals surface area contributed by atoms with E-state index in [-0.39, 0.29) is 0 Å². The molecule has 6 heteroatoms. The van der Waals surface area contributed by atoms with E-state index in [4.69, 9.17) is 0 Å². The number of nitrogens with one attached hydrogen (secondary N) is 2. The molecule has 2 heterocycles. The summed E-state index contributed by atoms with van der Waals surface area (Å²) in [6, 6.07) is 0. The molecule has 2 rings (SSSR count). The van der Waals surface area contributed by atoms with Crippen LogP contribution in [0.3, 0.4) is 0 Å². The molecule has 108 valence electrons. The lowest BCUT2D eigenvalue weighted by Crippen LogP contribution is -2.41.